The molecule has 0 saturated carbocycles. The van der Waals surface area contributed by atoms with Crippen molar-refractivity contribution in [2.45, 2.75) is 18.3 Å². The van der Waals surface area contributed by atoms with E-state index in [4.69, 9.17) is 4.74 Å². The summed E-state index contributed by atoms with van der Waals surface area (Å²) in [5.74, 6) is 0.563. The van der Waals surface area contributed by atoms with Crippen molar-refractivity contribution in [3.63, 3.8) is 0 Å². The molecule has 16 heavy (non-hydrogen) atoms. The summed E-state index contributed by atoms with van der Waals surface area (Å²) < 4.78 is 4.97. The summed E-state index contributed by atoms with van der Waals surface area (Å²) in [4.78, 5) is 15.8. The van der Waals surface area contributed by atoms with Crippen LogP contribution in [-0.4, -0.2) is 29.4 Å². The van der Waals surface area contributed by atoms with Gasteiger partial charge in [0, 0.05) is 11.9 Å². The van der Waals surface area contributed by atoms with E-state index in [9.17, 15) is 4.79 Å². The standard InChI is InChI=1S/C11H14N2O2S/c1-2-15-11(14)9-7-16-10(13-9)8-5-3-4-6-12-8/h3-6,9-10,13H,2,7H2,1H3/t9-,10+/m1/s1. The van der Waals surface area contributed by atoms with Crippen molar-refractivity contribution in [2.75, 3.05) is 12.4 Å². The molecule has 0 unspecified atom stereocenters. The van der Waals surface area contributed by atoms with Crippen LogP contribution in [0.3, 0.4) is 0 Å². The van der Waals surface area contributed by atoms with Crippen LogP contribution in [0, 0.1) is 0 Å². The van der Waals surface area contributed by atoms with E-state index in [0.29, 0.717) is 6.61 Å². The lowest BCUT2D eigenvalue weighted by Gasteiger charge is -2.11. The summed E-state index contributed by atoms with van der Waals surface area (Å²) in [6.45, 7) is 2.24. The summed E-state index contributed by atoms with van der Waals surface area (Å²) >= 11 is 1.68. The van der Waals surface area contributed by atoms with Gasteiger partial charge in [-0.05, 0) is 19.1 Å². The third kappa shape index (κ3) is 2.54. The molecule has 0 radical (unpaired) electrons. The Balaban J connectivity index is 1.96. The molecule has 0 aliphatic carbocycles. The second-order valence-electron chi connectivity index (χ2n) is 3.44. The summed E-state index contributed by atoms with van der Waals surface area (Å²) in [6.07, 6.45) is 1.76. The lowest BCUT2D eigenvalue weighted by molar-refractivity contribution is -0.144. The van der Waals surface area contributed by atoms with Gasteiger partial charge in [0.05, 0.1) is 17.7 Å². The number of rotatable bonds is 3. The van der Waals surface area contributed by atoms with Crippen molar-refractivity contribution in [3.8, 4) is 0 Å². The van der Waals surface area contributed by atoms with Crippen molar-refractivity contribution in [3.05, 3.63) is 30.1 Å². The fraction of sp³-hybridized carbons (Fsp3) is 0.455. The highest BCUT2D eigenvalue weighted by Gasteiger charge is 2.31. The van der Waals surface area contributed by atoms with E-state index in [1.807, 2.05) is 25.1 Å². The maximum Gasteiger partial charge on any atom is 0.324 e. The topological polar surface area (TPSA) is 51.2 Å². The van der Waals surface area contributed by atoms with Crippen LogP contribution >= 0.6 is 11.8 Å². The largest absolute Gasteiger partial charge is 0.465 e. The first-order valence-corrected chi connectivity index (χ1v) is 6.31. The Hall–Kier alpha value is -1.07. The van der Waals surface area contributed by atoms with Gasteiger partial charge in [-0.25, -0.2) is 0 Å². The summed E-state index contributed by atoms with van der Waals surface area (Å²) in [5.41, 5.74) is 0.958. The van der Waals surface area contributed by atoms with Gasteiger partial charge in [-0.2, -0.15) is 0 Å². The van der Waals surface area contributed by atoms with Crippen LogP contribution in [0.4, 0.5) is 0 Å². The van der Waals surface area contributed by atoms with E-state index in [1.165, 1.54) is 0 Å². The number of pyridine rings is 1. The Morgan fingerprint density at radius 1 is 1.69 bits per heavy atom. The van der Waals surface area contributed by atoms with Gasteiger partial charge in [0.2, 0.25) is 0 Å². The minimum Gasteiger partial charge on any atom is -0.465 e. The van der Waals surface area contributed by atoms with E-state index in [1.54, 1.807) is 18.0 Å². The van der Waals surface area contributed by atoms with Crippen molar-refractivity contribution in [1.82, 2.24) is 10.3 Å². The molecule has 2 heterocycles. The highest BCUT2D eigenvalue weighted by molar-refractivity contribution is 7.99. The van der Waals surface area contributed by atoms with E-state index in [0.717, 1.165) is 11.4 Å². The van der Waals surface area contributed by atoms with Gasteiger partial charge < -0.3 is 4.74 Å². The quantitative estimate of drug-likeness (QED) is 0.806. The van der Waals surface area contributed by atoms with E-state index < -0.39 is 0 Å². The summed E-state index contributed by atoms with van der Waals surface area (Å²) in [7, 11) is 0. The molecule has 2 rings (SSSR count). The van der Waals surface area contributed by atoms with Crippen LogP contribution in [0.2, 0.25) is 0 Å². The Morgan fingerprint density at radius 3 is 3.25 bits per heavy atom. The molecule has 0 aromatic carbocycles. The number of hydrogen-bond acceptors (Lipinski definition) is 5. The average Bonchev–Trinajstić information content (AvgIpc) is 2.80. The first-order chi connectivity index (χ1) is 7.81. The fourth-order valence-corrected chi connectivity index (χ4v) is 2.74. The number of nitrogens with one attached hydrogen (secondary N) is 1. The van der Waals surface area contributed by atoms with Gasteiger partial charge in [0.25, 0.3) is 0 Å². The highest BCUT2D eigenvalue weighted by Crippen LogP contribution is 2.31. The number of carbonyl (C=O) groups is 1. The number of hydrogen-bond donors (Lipinski definition) is 1. The molecule has 86 valence electrons. The number of ether oxygens (including phenoxy) is 1. The van der Waals surface area contributed by atoms with Crippen LogP contribution in [0.15, 0.2) is 24.4 Å². The molecule has 1 aliphatic rings. The number of thioether (sulfide) groups is 1. The summed E-state index contributed by atoms with van der Waals surface area (Å²) in [5, 5.41) is 3.31. The maximum atomic E-state index is 11.5. The van der Waals surface area contributed by atoms with E-state index >= 15 is 0 Å². The molecule has 1 fully saturated rings. The van der Waals surface area contributed by atoms with Gasteiger partial charge in [-0.3, -0.25) is 15.1 Å². The third-order valence-corrected chi connectivity index (χ3v) is 3.55. The predicted octanol–water partition coefficient (Wildman–Crippen LogP) is 1.35. The molecule has 1 aromatic rings. The average molecular weight is 238 g/mol. The van der Waals surface area contributed by atoms with Gasteiger partial charge in [0.15, 0.2) is 0 Å². The number of carbonyl (C=O) groups excluding carboxylic acids is 1. The molecule has 1 aliphatic heterocycles. The zero-order chi connectivity index (χ0) is 11.4. The van der Waals surface area contributed by atoms with Crippen molar-refractivity contribution in [1.29, 1.82) is 0 Å². The van der Waals surface area contributed by atoms with Crippen LogP contribution in [-0.2, 0) is 9.53 Å². The molecular weight excluding hydrogens is 224 g/mol. The molecule has 0 spiro atoms. The second kappa shape index (κ2) is 5.32. The van der Waals surface area contributed by atoms with Gasteiger partial charge in [0.1, 0.15) is 6.04 Å². The first-order valence-electron chi connectivity index (χ1n) is 5.26. The minimum absolute atomic E-state index is 0.0932. The maximum absolute atomic E-state index is 11.5. The van der Waals surface area contributed by atoms with Crippen LogP contribution < -0.4 is 5.32 Å². The van der Waals surface area contributed by atoms with E-state index in [-0.39, 0.29) is 17.4 Å². The Morgan fingerprint density at radius 2 is 2.56 bits per heavy atom. The molecular formula is C11H14N2O2S. The zero-order valence-corrected chi connectivity index (χ0v) is 9.87. The predicted molar refractivity (Wildman–Crippen MR) is 63.0 cm³/mol. The summed E-state index contributed by atoms with van der Waals surface area (Å²) in [6, 6.07) is 5.57. The lowest BCUT2D eigenvalue weighted by Crippen LogP contribution is -2.35. The molecule has 1 N–H and O–H groups in total. The highest BCUT2D eigenvalue weighted by atomic mass is 32.2. The molecule has 4 nitrogen and oxygen atoms in total. The van der Waals surface area contributed by atoms with Crippen LogP contribution in [0.1, 0.15) is 18.0 Å². The van der Waals surface area contributed by atoms with Gasteiger partial charge in [-0.15, -0.1) is 11.8 Å². The van der Waals surface area contributed by atoms with E-state index in [2.05, 4.69) is 10.3 Å². The number of esters is 1. The SMILES string of the molecule is CCOC(=O)[C@H]1CS[C@@H](c2ccccn2)N1. The Labute approximate surface area is 98.8 Å². The first kappa shape index (κ1) is 11.4. The molecule has 5 heteroatoms. The third-order valence-electron chi connectivity index (χ3n) is 2.31. The number of aromatic nitrogens is 1. The normalized spacial score (nSPS) is 24.3. The molecule has 1 aromatic heterocycles. The molecule has 1 saturated heterocycles. The molecule has 0 bridgehead atoms. The fourth-order valence-electron chi connectivity index (χ4n) is 1.55. The van der Waals surface area contributed by atoms with Crippen molar-refractivity contribution >= 4 is 17.7 Å². The van der Waals surface area contributed by atoms with Crippen LogP contribution in [0.5, 0.6) is 0 Å². The smallest absolute Gasteiger partial charge is 0.324 e. The number of nitrogens with zero attached hydrogens (tertiary/aromatic N) is 1. The van der Waals surface area contributed by atoms with Gasteiger partial charge >= 0.3 is 5.97 Å². The van der Waals surface area contributed by atoms with Crippen molar-refractivity contribution in [2.24, 2.45) is 0 Å². The Bertz CT molecular complexity index is 358. The second-order valence-corrected chi connectivity index (χ2v) is 4.58. The molecule has 2 atom stereocenters. The monoisotopic (exact) mass is 238 g/mol. The minimum atomic E-state index is -0.211. The van der Waals surface area contributed by atoms with Crippen molar-refractivity contribution < 1.29 is 9.53 Å². The lowest BCUT2D eigenvalue weighted by atomic mass is 10.3. The Kier molecular flexibility index (Phi) is 3.79. The molecule has 0 amide bonds. The van der Waals surface area contributed by atoms with Gasteiger partial charge in [-0.1, -0.05) is 6.07 Å². The zero-order valence-electron chi connectivity index (χ0n) is 9.05. The van der Waals surface area contributed by atoms with Crippen LogP contribution in [0.25, 0.3) is 0 Å².